The molecule has 0 aliphatic heterocycles. The van der Waals surface area contributed by atoms with Crippen LogP contribution in [0.3, 0.4) is 0 Å². The van der Waals surface area contributed by atoms with Gasteiger partial charge in [0.1, 0.15) is 28.9 Å². The molecule has 2 aromatic rings. The van der Waals surface area contributed by atoms with Crippen LogP contribution in [-0.4, -0.2) is 9.97 Å². The maximum absolute atomic E-state index is 12.8. The number of hydrogen-bond acceptors (Lipinski definition) is 3. The van der Waals surface area contributed by atoms with Crippen LogP contribution in [0.4, 0.5) is 8.78 Å². The predicted molar refractivity (Wildman–Crippen MR) is 53.5 cm³/mol. The van der Waals surface area contributed by atoms with Crippen molar-refractivity contribution >= 4 is 11.6 Å². The molecule has 0 N–H and O–H groups in total. The minimum Gasteiger partial charge on any atom is -0.439 e. The molecule has 0 saturated heterocycles. The van der Waals surface area contributed by atoms with Gasteiger partial charge in [-0.15, -0.1) is 0 Å². The molecule has 0 bridgehead atoms. The van der Waals surface area contributed by atoms with E-state index in [4.69, 9.17) is 16.3 Å². The van der Waals surface area contributed by atoms with Crippen molar-refractivity contribution in [1.29, 1.82) is 0 Å². The van der Waals surface area contributed by atoms with Crippen LogP contribution >= 0.6 is 11.6 Å². The lowest BCUT2D eigenvalue weighted by Crippen LogP contribution is -1.90. The molecule has 0 spiro atoms. The van der Waals surface area contributed by atoms with Gasteiger partial charge in [0.2, 0.25) is 5.88 Å². The summed E-state index contributed by atoms with van der Waals surface area (Å²) in [6.45, 7) is 0. The summed E-state index contributed by atoms with van der Waals surface area (Å²) in [4.78, 5) is 7.37. The van der Waals surface area contributed by atoms with Gasteiger partial charge in [-0.1, -0.05) is 11.6 Å². The third kappa shape index (κ3) is 2.64. The fraction of sp³-hybridized carbons (Fsp3) is 0. The molecule has 0 radical (unpaired) electrons. The molecule has 1 heterocycles. The average molecular weight is 243 g/mol. The topological polar surface area (TPSA) is 35.0 Å². The zero-order chi connectivity index (χ0) is 11.5. The first kappa shape index (κ1) is 10.8. The standard InChI is InChI=1S/C10H5ClF2N2O/c11-9-4-10(15-5-14-9)16-8-2-6(12)1-7(13)3-8/h1-5H. The highest BCUT2D eigenvalue weighted by Gasteiger charge is 2.04. The van der Waals surface area contributed by atoms with Gasteiger partial charge in [-0.3, -0.25) is 0 Å². The van der Waals surface area contributed by atoms with Crippen LogP contribution in [0.25, 0.3) is 0 Å². The molecule has 1 aromatic carbocycles. The van der Waals surface area contributed by atoms with E-state index in [1.165, 1.54) is 12.4 Å². The van der Waals surface area contributed by atoms with Crippen molar-refractivity contribution in [3.05, 3.63) is 47.4 Å². The maximum Gasteiger partial charge on any atom is 0.223 e. The maximum atomic E-state index is 12.8. The quantitative estimate of drug-likeness (QED) is 0.759. The fourth-order valence-electron chi connectivity index (χ4n) is 1.08. The van der Waals surface area contributed by atoms with Crippen LogP contribution in [0, 0.1) is 11.6 Å². The Morgan fingerprint density at radius 1 is 1.00 bits per heavy atom. The first-order valence-electron chi connectivity index (χ1n) is 4.25. The summed E-state index contributed by atoms with van der Waals surface area (Å²) in [6.07, 6.45) is 1.19. The fourth-order valence-corrected chi connectivity index (χ4v) is 1.22. The van der Waals surface area contributed by atoms with Crippen molar-refractivity contribution in [2.24, 2.45) is 0 Å². The summed E-state index contributed by atoms with van der Waals surface area (Å²) in [5.41, 5.74) is 0. The van der Waals surface area contributed by atoms with Gasteiger partial charge >= 0.3 is 0 Å². The zero-order valence-electron chi connectivity index (χ0n) is 7.82. The van der Waals surface area contributed by atoms with E-state index in [0.29, 0.717) is 0 Å². The smallest absolute Gasteiger partial charge is 0.223 e. The lowest BCUT2D eigenvalue weighted by molar-refractivity contribution is 0.450. The molecule has 0 saturated carbocycles. The van der Waals surface area contributed by atoms with Crippen molar-refractivity contribution in [3.63, 3.8) is 0 Å². The first-order chi connectivity index (χ1) is 7.63. The highest BCUT2D eigenvalue weighted by Crippen LogP contribution is 2.22. The molecule has 16 heavy (non-hydrogen) atoms. The number of rotatable bonds is 2. The van der Waals surface area contributed by atoms with E-state index in [1.54, 1.807) is 0 Å². The molecule has 0 unspecified atom stereocenters. The summed E-state index contributed by atoms with van der Waals surface area (Å²) in [5, 5.41) is 0.182. The normalized spacial score (nSPS) is 10.2. The summed E-state index contributed by atoms with van der Waals surface area (Å²) < 4.78 is 30.8. The van der Waals surface area contributed by atoms with E-state index in [0.717, 1.165) is 18.2 Å². The zero-order valence-corrected chi connectivity index (χ0v) is 8.58. The van der Waals surface area contributed by atoms with E-state index in [2.05, 4.69) is 9.97 Å². The van der Waals surface area contributed by atoms with E-state index >= 15 is 0 Å². The second-order valence-electron chi connectivity index (χ2n) is 2.89. The van der Waals surface area contributed by atoms with Crippen LogP contribution in [0.1, 0.15) is 0 Å². The number of hydrogen-bond donors (Lipinski definition) is 0. The number of ether oxygens (including phenoxy) is 1. The second-order valence-corrected chi connectivity index (χ2v) is 3.27. The van der Waals surface area contributed by atoms with Crippen LogP contribution < -0.4 is 4.74 Å². The Bertz CT molecular complexity index is 502. The van der Waals surface area contributed by atoms with Gasteiger partial charge in [0.25, 0.3) is 0 Å². The van der Waals surface area contributed by atoms with Crippen molar-refractivity contribution < 1.29 is 13.5 Å². The largest absolute Gasteiger partial charge is 0.439 e. The SMILES string of the molecule is Fc1cc(F)cc(Oc2cc(Cl)ncn2)c1. The van der Waals surface area contributed by atoms with Gasteiger partial charge in [-0.05, 0) is 0 Å². The van der Waals surface area contributed by atoms with E-state index in [1.807, 2.05) is 0 Å². The van der Waals surface area contributed by atoms with Gasteiger partial charge in [0.05, 0.1) is 0 Å². The molecule has 0 fully saturated rings. The number of halogens is 3. The van der Waals surface area contributed by atoms with Gasteiger partial charge < -0.3 is 4.74 Å². The van der Waals surface area contributed by atoms with Gasteiger partial charge in [-0.2, -0.15) is 0 Å². The molecule has 6 heteroatoms. The van der Waals surface area contributed by atoms with Crippen molar-refractivity contribution in [1.82, 2.24) is 9.97 Å². The lowest BCUT2D eigenvalue weighted by Gasteiger charge is -2.04. The summed E-state index contributed by atoms with van der Waals surface area (Å²) in [6, 6.07) is 4.17. The van der Waals surface area contributed by atoms with Crippen molar-refractivity contribution in [3.8, 4) is 11.6 Å². The number of aromatic nitrogens is 2. The van der Waals surface area contributed by atoms with Crippen molar-refractivity contribution in [2.75, 3.05) is 0 Å². The van der Waals surface area contributed by atoms with Crippen LogP contribution in [0.15, 0.2) is 30.6 Å². The Morgan fingerprint density at radius 3 is 2.31 bits per heavy atom. The minimum atomic E-state index is -0.727. The molecule has 0 amide bonds. The van der Waals surface area contributed by atoms with Crippen molar-refractivity contribution in [2.45, 2.75) is 0 Å². The molecule has 2 rings (SSSR count). The van der Waals surface area contributed by atoms with Gasteiger partial charge in [-0.25, -0.2) is 18.7 Å². The highest BCUT2D eigenvalue weighted by molar-refractivity contribution is 6.29. The lowest BCUT2D eigenvalue weighted by atomic mass is 10.3. The minimum absolute atomic E-state index is 0.00673. The molecule has 3 nitrogen and oxygen atoms in total. The summed E-state index contributed by atoms with van der Waals surface area (Å²) in [5.74, 6) is -1.33. The second kappa shape index (κ2) is 4.40. The van der Waals surface area contributed by atoms with E-state index < -0.39 is 11.6 Å². The third-order valence-corrected chi connectivity index (χ3v) is 1.87. The predicted octanol–water partition coefficient (Wildman–Crippen LogP) is 3.20. The van der Waals surface area contributed by atoms with Gasteiger partial charge in [0, 0.05) is 24.3 Å². The van der Waals surface area contributed by atoms with Crippen LogP contribution in [0.5, 0.6) is 11.6 Å². The highest BCUT2D eigenvalue weighted by atomic mass is 35.5. The van der Waals surface area contributed by atoms with Crippen LogP contribution in [-0.2, 0) is 0 Å². The monoisotopic (exact) mass is 242 g/mol. The van der Waals surface area contributed by atoms with Gasteiger partial charge in [0.15, 0.2) is 0 Å². The Morgan fingerprint density at radius 2 is 1.69 bits per heavy atom. The third-order valence-electron chi connectivity index (χ3n) is 1.67. The number of benzene rings is 1. The van der Waals surface area contributed by atoms with E-state index in [-0.39, 0.29) is 16.8 Å². The first-order valence-corrected chi connectivity index (χ1v) is 4.63. The molecule has 82 valence electrons. The van der Waals surface area contributed by atoms with Crippen LogP contribution in [0.2, 0.25) is 5.15 Å². The molecular weight excluding hydrogens is 238 g/mol. The number of nitrogens with zero attached hydrogens (tertiary/aromatic N) is 2. The Kier molecular flexibility index (Phi) is 2.96. The molecule has 0 aliphatic rings. The molecule has 1 aromatic heterocycles. The Balaban J connectivity index is 2.27. The average Bonchev–Trinajstić information content (AvgIpc) is 2.15. The Hall–Kier alpha value is -1.75. The molecular formula is C10H5ClF2N2O. The molecule has 0 aliphatic carbocycles. The summed E-state index contributed by atoms with van der Waals surface area (Å²) in [7, 11) is 0. The Labute approximate surface area is 94.7 Å². The summed E-state index contributed by atoms with van der Waals surface area (Å²) >= 11 is 5.59. The molecule has 0 atom stereocenters. The van der Waals surface area contributed by atoms with E-state index in [9.17, 15) is 8.78 Å².